The Balaban J connectivity index is 2.64. The molecule has 0 radical (unpaired) electrons. The van der Waals surface area contributed by atoms with Crippen LogP contribution in [-0.2, 0) is 0 Å². The SMILES string of the molecule is CCCCCC(N)c1cc(C)ccc1F. The molecule has 0 aliphatic rings. The zero-order chi connectivity index (χ0) is 11.3. The Bertz CT molecular complexity index is 309. The number of aryl methyl sites for hydroxylation is 1. The summed E-state index contributed by atoms with van der Waals surface area (Å²) >= 11 is 0. The van der Waals surface area contributed by atoms with Crippen molar-refractivity contribution in [2.24, 2.45) is 5.73 Å². The van der Waals surface area contributed by atoms with Crippen molar-refractivity contribution in [3.63, 3.8) is 0 Å². The van der Waals surface area contributed by atoms with Crippen LogP contribution in [0.2, 0.25) is 0 Å². The molecule has 0 fully saturated rings. The van der Waals surface area contributed by atoms with Crippen molar-refractivity contribution in [3.8, 4) is 0 Å². The van der Waals surface area contributed by atoms with Gasteiger partial charge in [-0.15, -0.1) is 0 Å². The third-order valence-electron chi connectivity index (χ3n) is 2.67. The molecule has 1 rings (SSSR count). The quantitative estimate of drug-likeness (QED) is 0.735. The average Bonchev–Trinajstić information content (AvgIpc) is 2.22. The highest BCUT2D eigenvalue weighted by Crippen LogP contribution is 2.21. The molecule has 2 heteroatoms. The summed E-state index contributed by atoms with van der Waals surface area (Å²) in [5, 5.41) is 0. The van der Waals surface area contributed by atoms with Crippen molar-refractivity contribution in [3.05, 3.63) is 35.1 Å². The first kappa shape index (κ1) is 12.2. The van der Waals surface area contributed by atoms with Gasteiger partial charge in [0.25, 0.3) is 0 Å². The number of hydrogen-bond acceptors (Lipinski definition) is 1. The maximum absolute atomic E-state index is 13.4. The molecule has 0 aliphatic carbocycles. The molecule has 1 aromatic carbocycles. The van der Waals surface area contributed by atoms with Gasteiger partial charge in [-0.2, -0.15) is 0 Å². The number of benzene rings is 1. The van der Waals surface area contributed by atoms with Gasteiger partial charge in [0, 0.05) is 11.6 Å². The molecule has 0 bridgehead atoms. The second kappa shape index (κ2) is 5.86. The van der Waals surface area contributed by atoms with Crippen LogP contribution in [0.1, 0.15) is 49.8 Å². The summed E-state index contributed by atoms with van der Waals surface area (Å²) < 4.78 is 13.4. The molecule has 1 aromatic rings. The second-order valence-corrected chi connectivity index (χ2v) is 4.13. The summed E-state index contributed by atoms with van der Waals surface area (Å²) in [5.41, 5.74) is 7.69. The predicted molar refractivity (Wildman–Crippen MR) is 62.2 cm³/mol. The van der Waals surface area contributed by atoms with E-state index in [1.54, 1.807) is 6.07 Å². The average molecular weight is 209 g/mol. The molecule has 1 nitrogen and oxygen atoms in total. The highest BCUT2D eigenvalue weighted by molar-refractivity contribution is 5.26. The Morgan fingerprint density at radius 2 is 2.07 bits per heavy atom. The number of nitrogens with two attached hydrogens (primary N) is 1. The number of hydrogen-bond donors (Lipinski definition) is 1. The largest absolute Gasteiger partial charge is 0.324 e. The monoisotopic (exact) mass is 209 g/mol. The molecule has 0 heterocycles. The molecule has 0 spiro atoms. The van der Waals surface area contributed by atoms with Crippen molar-refractivity contribution in [1.29, 1.82) is 0 Å². The molecule has 0 aromatic heterocycles. The fraction of sp³-hybridized carbons (Fsp3) is 0.538. The first-order valence-corrected chi connectivity index (χ1v) is 5.66. The maximum Gasteiger partial charge on any atom is 0.127 e. The molecule has 1 unspecified atom stereocenters. The zero-order valence-corrected chi connectivity index (χ0v) is 9.59. The van der Waals surface area contributed by atoms with Crippen molar-refractivity contribution in [1.82, 2.24) is 0 Å². The van der Waals surface area contributed by atoms with E-state index in [1.165, 1.54) is 18.9 Å². The van der Waals surface area contributed by atoms with Crippen LogP contribution in [0, 0.1) is 12.7 Å². The molecule has 15 heavy (non-hydrogen) atoms. The van der Waals surface area contributed by atoms with Crippen molar-refractivity contribution in [2.45, 2.75) is 45.6 Å². The Morgan fingerprint density at radius 1 is 1.33 bits per heavy atom. The van der Waals surface area contributed by atoms with Crippen LogP contribution in [0.4, 0.5) is 4.39 Å². The number of halogens is 1. The van der Waals surface area contributed by atoms with Crippen LogP contribution < -0.4 is 5.73 Å². The van der Waals surface area contributed by atoms with E-state index >= 15 is 0 Å². The van der Waals surface area contributed by atoms with Gasteiger partial charge < -0.3 is 5.73 Å². The smallest absolute Gasteiger partial charge is 0.127 e. The lowest BCUT2D eigenvalue weighted by Crippen LogP contribution is -2.12. The summed E-state index contributed by atoms with van der Waals surface area (Å²) in [6.07, 6.45) is 4.28. The minimum atomic E-state index is -0.176. The minimum absolute atomic E-state index is 0.156. The standard InChI is InChI=1S/C13H20FN/c1-3-4-5-6-13(15)11-9-10(2)7-8-12(11)14/h7-9,13H,3-6,15H2,1-2H3. The first-order chi connectivity index (χ1) is 7.15. The highest BCUT2D eigenvalue weighted by Gasteiger charge is 2.10. The summed E-state index contributed by atoms with van der Waals surface area (Å²) in [5.74, 6) is -0.176. The van der Waals surface area contributed by atoms with Crippen LogP contribution in [0.3, 0.4) is 0 Å². The van der Waals surface area contributed by atoms with Crippen LogP contribution in [0.15, 0.2) is 18.2 Å². The van der Waals surface area contributed by atoms with E-state index in [9.17, 15) is 4.39 Å². The van der Waals surface area contributed by atoms with Crippen molar-refractivity contribution in [2.75, 3.05) is 0 Å². The van der Waals surface area contributed by atoms with E-state index in [1.807, 2.05) is 13.0 Å². The van der Waals surface area contributed by atoms with E-state index in [2.05, 4.69) is 6.92 Å². The van der Waals surface area contributed by atoms with E-state index in [-0.39, 0.29) is 11.9 Å². The fourth-order valence-corrected chi connectivity index (χ4v) is 1.72. The Morgan fingerprint density at radius 3 is 2.73 bits per heavy atom. The van der Waals surface area contributed by atoms with E-state index in [0.29, 0.717) is 5.56 Å². The summed E-state index contributed by atoms with van der Waals surface area (Å²) in [6.45, 7) is 4.11. The first-order valence-electron chi connectivity index (χ1n) is 5.66. The lowest BCUT2D eigenvalue weighted by Gasteiger charge is -2.13. The van der Waals surface area contributed by atoms with Crippen LogP contribution in [-0.4, -0.2) is 0 Å². The lowest BCUT2D eigenvalue weighted by molar-refractivity contribution is 0.538. The zero-order valence-electron chi connectivity index (χ0n) is 9.59. The van der Waals surface area contributed by atoms with Gasteiger partial charge in [-0.05, 0) is 19.4 Å². The molecular formula is C13H20FN. The molecule has 0 amide bonds. The van der Waals surface area contributed by atoms with Gasteiger partial charge in [-0.25, -0.2) is 4.39 Å². The normalized spacial score (nSPS) is 12.8. The molecule has 1 atom stereocenters. The second-order valence-electron chi connectivity index (χ2n) is 4.13. The summed E-state index contributed by atoms with van der Waals surface area (Å²) in [4.78, 5) is 0. The van der Waals surface area contributed by atoms with Gasteiger partial charge in [-0.1, -0.05) is 43.9 Å². The topological polar surface area (TPSA) is 26.0 Å². The fourth-order valence-electron chi connectivity index (χ4n) is 1.72. The molecule has 0 saturated carbocycles. The van der Waals surface area contributed by atoms with E-state index in [4.69, 9.17) is 5.73 Å². The maximum atomic E-state index is 13.4. The van der Waals surface area contributed by atoms with Crippen LogP contribution >= 0.6 is 0 Å². The lowest BCUT2D eigenvalue weighted by atomic mass is 9.99. The highest BCUT2D eigenvalue weighted by atomic mass is 19.1. The van der Waals surface area contributed by atoms with E-state index < -0.39 is 0 Å². The van der Waals surface area contributed by atoms with Gasteiger partial charge in [0.1, 0.15) is 5.82 Å². The van der Waals surface area contributed by atoms with Crippen molar-refractivity contribution >= 4 is 0 Å². The Hall–Kier alpha value is -0.890. The predicted octanol–water partition coefficient (Wildman–Crippen LogP) is 3.71. The van der Waals surface area contributed by atoms with Crippen LogP contribution in [0.25, 0.3) is 0 Å². The van der Waals surface area contributed by atoms with Gasteiger partial charge in [0.05, 0.1) is 0 Å². The van der Waals surface area contributed by atoms with Gasteiger partial charge in [0.15, 0.2) is 0 Å². The Kier molecular flexibility index (Phi) is 4.76. The molecular weight excluding hydrogens is 189 g/mol. The molecule has 0 aliphatic heterocycles. The van der Waals surface area contributed by atoms with Gasteiger partial charge in [-0.3, -0.25) is 0 Å². The third-order valence-corrected chi connectivity index (χ3v) is 2.67. The molecule has 2 N–H and O–H groups in total. The van der Waals surface area contributed by atoms with Crippen LogP contribution in [0.5, 0.6) is 0 Å². The molecule has 0 saturated heterocycles. The number of rotatable bonds is 5. The van der Waals surface area contributed by atoms with Gasteiger partial charge in [0.2, 0.25) is 0 Å². The van der Waals surface area contributed by atoms with Crippen molar-refractivity contribution < 1.29 is 4.39 Å². The minimum Gasteiger partial charge on any atom is -0.324 e. The third kappa shape index (κ3) is 3.63. The molecule has 84 valence electrons. The van der Waals surface area contributed by atoms with E-state index in [0.717, 1.165) is 18.4 Å². The van der Waals surface area contributed by atoms with Gasteiger partial charge >= 0.3 is 0 Å². The summed E-state index contributed by atoms with van der Waals surface area (Å²) in [6, 6.07) is 4.98. The Labute approximate surface area is 91.5 Å². The summed E-state index contributed by atoms with van der Waals surface area (Å²) in [7, 11) is 0. The number of unbranched alkanes of at least 4 members (excludes halogenated alkanes) is 2.